The fourth-order valence-corrected chi connectivity index (χ4v) is 4.17. The number of hydrogen-bond donors (Lipinski definition) is 1. The molecule has 0 saturated carbocycles. The number of anilines is 1. The predicted octanol–water partition coefficient (Wildman–Crippen LogP) is 5.37. The number of benzene rings is 2. The molecule has 0 aromatic heterocycles. The summed E-state index contributed by atoms with van der Waals surface area (Å²) in [6.07, 6.45) is 3.19. The largest absolute Gasteiger partial charge is 0.494 e. The standard InChI is InChI=1S/C25H25ClN2O6S/c1-3-5-11-34-24(31)19-14-17(9-10-20(19)26)27-22(29)15-28-23(30)21(35-25(28)32)13-16-7-6-8-18(12-16)33-4-2/h6-10,12-14H,3-5,11,15H2,1-2H3,(H,27,29)/b21-13-. The molecule has 0 aliphatic carbocycles. The molecule has 3 rings (SSSR count). The molecule has 0 bridgehead atoms. The molecule has 2 aromatic carbocycles. The van der Waals surface area contributed by atoms with E-state index in [1.807, 2.05) is 13.8 Å². The van der Waals surface area contributed by atoms with E-state index in [1.165, 1.54) is 18.2 Å². The minimum atomic E-state index is -0.598. The van der Waals surface area contributed by atoms with Gasteiger partial charge in [-0.3, -0.25) is 19.3 Å². The first-order chi connectivity index (χ1) is 16.8. The van der Waals surface area contributed by atoms with Crippen LogP contribution in [0.5, 0.6) is 5.75 Å². The number of imide groups is 1. The Morgan fingerprint density at radius 2 is 1.94 bits per heavy atom. The Labute approximate surface area is 212 Å². The molecule has 35 heavy (non-hydrogen) atoms. The second-order valence-electron chi connectivity index (χ2n) is 7.51. The lowest BCUT2D eigenvalue weighted by Crippen LogP contribution is -2.36. The first-order valence-electron chi connectivity index (χ1n) is 11.1. The van der Waals surface area contributed by atoms with Crippen LogP contribution in [0.2, 0.25) is 5.02 Å². The van der Waals surface area contributed by atoms with Gasteiger partial charge in [-0.05, 0) is 67.1 Å². The van der Waals surface area contributed by atoms with E-state index < -0.39 is 29.6 Å². The van der Waals surface area contributed by atoms with Gasteiger partial charge in [-0.2, -0.15) is 0 Å². The third-order valence-electron chi connectivity index (χ3n) is 4.84. The van der Waals surface area contributed by atoms with E-state index in [0.29, 0.717) is 17.9 Å². The lowest BCUT2D eigenvalue weighted by molar-refractivity contribution is -0.127. The fourth-order valence-electron chi connectivity index (χ4n) is 3.14. The van der Waals surface area contributed by atoms with E-state index in [9.17, 15) is 19.2 Å². The van der Waals surface area contributed by atoms with Gasteiger partial charge in [0.25, 0.3) is 11.1 Å². The Bertz CT molecular complexity index is 1170. The number of ether oxygens (including phenoxy) is 2. The molecule has 1 heterocycles. The molecule has 1 aliphatic rings. The number of halogens is 1. The van der Waals surface area contributed by atoms with Crippen molar-refractivity contribution in [2.24, 2.45) is 0 Å². The Balaban J connectivity index is 1.65. The first kappa shape index (κ1) is 26.3. The van der Waals surface area contributed by atoms with Gasteiger partial charge in [0.15, 0.2) is 0 Å². The van der Waals surface area contributed by atoms with E-state index in [2.05, 4.69) is 5.32 Å². The van der Waals surface area contributed by atoms with Crippen LogP contribution in [0.1, 0.15) is 42.6 Å². The number of nitrogens with zero attached hydrogens (tertiary/aromatic N) is 1. The van der Waals surface area contributed by atoms with Gasteiger partial charge in [-0.15, -0.1) is 0 Å². The zero-order valence-corrected chi connectivity index (χ0v) is 20.9. The van der Waals surface area contributed by atoms with Crippen LogP contribution in [-0.4, -0.2) is 47.7 Å². The van der Waals surface area contributed by atoms with Crippen molar-refractivity contribution >= 4 is 58.1 Å². The predicted molar refractivity (Wildman–Crippen MR) is 136 cm³/mol. The van der Waals surface area contributed by atoms with Crippen LogP contribution in [0.15, 0.2) is 47.4 Å². The third kappa shape index (κ3) is 7.10. The number of carbonyl (C=O) groups is 4. The van der Waals surface area contributed by atoms with Gasteiger partial charge in [-0.25, -0.2) is 4.79 Å². The second-order valence-corrected chi connectivity index (χ2v) is 8.91. The molecule has 1 N–H and O–H groups in total. The number of unbranched alkanes of at least 4 members (excludes halogenated alkanes) is 1. The summed E-state index contributed by atoms with van der Waals surface area (Å²) in [5.41, 5.74) is 1.10. The topological polar surface area (TPSA) is 102 Å². The van der Waals surface area contributed by atoms with Crippen LogP contribution < -0.4 is 10.1 Å². The number of amides is 3. The summed E-state index contributed by atoms with van der Waals surface area (Å²) in [5.74, 6) is -1.10. The molecule has 0 spiro atoms. The molecular formula is C25H25ClN2O6S. The van der Waals surface area contributed by atoms with Crippen molar-refractivity contribution in [3.63, 3.8) is 0 Å². The normalized spacial score (nSPS) is 14.4. The van der Waals surface area contributed by atoms with Crippen LogP contribution >= 0.6 is 23.4 Å². The molecule has 10 heteroatoms. The summed E-state index contributed by atoms with van der Waals surface area (Å²) in [6, 6.07) is 11.5. The number of rotatable bonds is 10. The van der Waals surface area contributed by atoms with Crippen molar-refractivity contribution in [3.05, 3.63) is 63.5 Å². The van der Waals surface area contributed by atoms with Gasteiger partial charge < -0.3 is 14.8 Å². The Kier molecular flexibility index (Phi) is 9.33. The molecule has 0 unspecified atom stereocenters. The third-order valence-corrected chi connectivity index (χ3v) is 6.08. The molecule has 1 fully saturated rings. The maximum Gasteiger partial charge on any atom is 0.339 e. The van der Waals surface area contributed by atoms with Gasteiger partial charge in [0.2, 0.25) is 5.91 Å². The monoisotopic (exact) mass is 516 g/mol. The molecule has 1 saturated heterocycles. The number of nitrogens with one attached hydrogen (secondary N) is 1. The highest BCUT2D eigenvalue weighted by Gasteiger charge is 2.36. The van der Waals surface area contributed by atoms with Gasteiger partial charge in [-0.1, -0.05) is 37.1 Å². The summed E-state index contributed by atoms with van der Waals surface area (Å²) in [5, 5.41) is 2.23. The number of hydrogen-bond acceptors (Lipinski definition) is 7. The van der Waals surface area contributed by atoms with Crippen molar-refractivity contribution < 1.29 is 28.7 Å². The van der Waals surface area contributed by atoms with Crippen molar-refractivity contribution in [2.75, 3.05) is 25.1 Å². The Morgan fingerprint density at radius 1 is 1.14 bits per heavy atom. The smallest absolute Gasteiger partial charge is 0.339 e. The van der Waals surface area contributed by atoms with E-state index >= 15 is 0 Å². The summed E-state index contributed by atoms with van der Waals surface area (Å²) < 4.78 is 10.6. The molecule has 8 nitrogen and oxygen atoms in total. The molecule has 0 atom stereocenters. The highest BCUT2D eigenvalue weighted by atomic mass is 35.5. The average molecular weight is 517 g/mol. The van der Waals surface area contributed by atoms with E-state index in [0.717, 1.165) is 29.5 Å². The van der Waals surface area contributed by atoms with Crippen molar-refractivity contribution in [2.45, 2.75) is 26.7 Å². The summed E-state index contributed by atoms with van der Waals surface area (Å²) in [7, 11) is 0. The van der Waals surface area contributed by atoms with Crippen LogP contribution in [0.3, 0.4) is 0 Å². The number of carbonyl (C=O) groups excluding carboxylic acids is 4. The molecule has 2 aromatic rings. The van der Waals surface area contributed by atoms with Crippen molar-refractivity contribution in [1.29, 1.82) is 0 Å². The zero-order valence-electron chi connectivity index (χ0n) is 19.3. The summed E-state index contributed by atoms with van der Waals surface area (Å²) in [6.45, 7) is 4.15. The molecule has 1 aliphatic heterocycles. The van der Waals surface area contributed by atoms with E-state index in [4.69, 9.17) is 21.1 Å². The van der Waals surface area contributed by atoms with Gasteiger partial charge in [0, 0.05) is 5.69 Å². The minimum Gasteiger partial charge on any atom is -0.494 e. The lowest BCUT2D eigenvalue weighted by Gasteiger charge is -2.13. The second kappa shape index (κ2) is 12.4. The summed E-state index contributed by atoms with van der Waals surface area (Å²) in [4.78, 5) is 51.1. The quantitative estimate of drug-likeness (QED) is 0.257. The Morgan fingerprint density at radius 3 is 2.69 bits per heavy atom. The maximum absolute atomic E-state index is 12.8. The number of thioether (sulfide) groups is 1. The van der Waals surface area contributed by atoms with Crippen LogP contribution in [0.25, 0.3) is 6.08 Å². The number of esters is 1. The fraction of sp³-hybridized carbons (Fsp3) is 0.280. The summed E-state index contributed by atoms with van der Waals surface area (Å²) >= 11 is 6.86. The lowest BCUT2D eigenvalue weighted by atomic mass is 10.2. The van der Waals surface area contributed by atoms with Gasteiger partial charge in [0.1, 0.15) is 12.3 Å². The van der Waals surface area contributed by atoms with Gasteiger partial charge in [0.05, 0.1) is 28.7 Å². The molecule has 3 amide bonds. The zero-order chi connectivity index (χ0) is 25.4. The van der Waals surface area contributed by atoms with Crippen LogP contribution in [0, 0.1) is 0 Å². The van der Waals surface area contributed by atoms with Crippen LogP contribution in [0.4, 0.5) is 10.5 Å². The SMILES string of the molecule is CCCCOC(=O)c1cc(NC(=O)CN2C(=O)S/C(=C\c3cccc(OCC)c3)C2=O)ccc1Cl. The molecular weight excluding hydrogens is 492 g/mol. The highest BCUT2D eigenvalue weighted by Crippen LogP contribution is 2.32. The van der Waals surface area contributed by atoms with E-state index in [-0.39, 0.29) is 27.8 Å². The van der Waals surface area contributed by atoms with E-state index in [1.54, 1.807) is 30.3 Å². The first-order valence-corrected chi connectivity index (χ1v) is 12.3. The Hall–Kier alpha value is -3.30. The minimum absolute atomic E-state index is 0.115. The maximum atomic E-state index is 12.8. The van der Waals surface area contributed by atoms with Crippen molar-refractivity contribution in [1.82, 2.24) is 4.90 Å². The van der Waals surface area contributed by atoms with Crippen molar-refractivity contribution in [3.8, 4) is 5.75 Å². The van der Waals surface area contributed by atoms with Gasteiger partial charge >= 0.3 is 5.97 Å². The molecule has 184 valence electrons. The average Bonchev–Trinajstić information content (AvgIpc) is 3.08. The highest BCUT2D eigenvalue weighted by molar-refractivity contribution is 8.18. The molecule has 0 radical (unpaired) electrons. The van der Waals surface area contributed by atoms with Crippen LogP contribution in [-0.2, 0) is 14.3 Å².